The molecular formula is C29H31N3O4S. The van der Waals surface area contributed by atoms with Gasteiger partial charge in [-0.2, -0.15) is 0 Å². The van der Waals surface area contributed by atoms with E-state index in [2.05, 4.69) is 51.8 Å². The largest absolute Gasteiger partial charge is 0.338 e. The van der Waals surface area contributed by atoms with Crippen LogP contribution in [0.4, 0.5) is 0 Å². The van der Waals surface area contributed by atoms with E-state index in [1.54, 1.807) is 18.2 Å². The lowest BCUT2D eigenvalue weighted by molar-refractivity contribution is -0.132. The Morgan fingerprint density at radius 3 is 2.19 bits per heavy atom. The number of rotatable bonds is 7. The molecule has 1 fully saturated rings. The maximum absolute atomic E-state index is 11.8. The molecule has 0 aliphatic heterocycles. The van der Waals surface area contributed by atoms with Crippen molar-refractivity contribution in [3.05, 3.63) is 72.3 Å². The number of fused-ring (bicyclic) bond motifs is 1. The summed E-state index contributed by atoms with van der Waals surface area (Å²) in [5, 5.41) is 0. The third kappa shape index (κ3) is 5.76. The number of nitrogens with one attached hydrogen (secondary N) is 2. The topological polar surface area (TPSA) is 101 Å². The number of hydrogen-bond donors (Lipinski definition) is 2. The average Bonchev–Trinajstić information content (AvgIpc) is 3.33. The number of carbonyl (C=O) groups is 1. The van der Waals surface area contributed by atoms with Crippen molar-refractivity contribution in [2.75, 3.05) is 13.4 Å². The molecule has 1 amide bonds. The first-order valence-corrected chi connectivity index (χ1v) is 14.4. The van der Waals surface area contributed by atoms with Gasteiger partial charge in [-0.05, 0) is 72.4 Å². The minimum Gasteiger partial charge on any atom is -0.338 e. The van der Waals surface area contributed by atoms with Crippen LogP contribution in [-0.4, -0.2) is 37.7 Å². The third-order valence-electron chi connectivity index (χ3n) is 7.29. The van der Waals surface area contributed by atoms with Crippen LogP contribution in [-0.2, 0) is 19.5 Å². The van der Waals surface area contributed by atoms with Crippen LogP contribution in [0.25, 0.3) is 33.5 Å². The van der Waals surface area contributed by atoms with E-state index in [9.17, 15) is 13.2 Å². The summed E-state index contributed by atoms with van der Waals surface area (Å²) in [6.07, 6.45) is 6.05. The van der Waals surface area contributed by atoms with Crippen LogP contribution in [0, 0.1) is 5.92 Å². The lowest BCUT2D eigenvalue weighted by atomic mass is 9.77. The molecule has 7 nitrogen and oxygen atoms in total. The Balaban J connectivity index is 1.24. The molecule has 0 bridgehead atoms. The third-order valence-corrected chi connectivity index (χ3v) is 8.40. The van der Waals surface area contributed by atoms with Crippen molar-refractivity contribution in [2.45, 2.75) is 42.9 Å². The molecule has 0 unspecified atom stereocenters. The molecule has 8 heteroatoms. The Labute approximate surface area is 217 Å². The summed E-state index contributed by atoms with van der Waals surface area (Å²) < 4.78 is 23.7. The molecule has 0 atom stereocenters. The van der Waals surface area contributed by atoms with E-state index in [1.807, 2.05) is 12.1 Å². The number of aromatic nitrogens is 2. The second-order valence-electron chi connectivity index (χ2n) is 9.89. The smallest absolute Gasteiger partial charge is 0.243 e. The van der Waals surface area contributed by atoms with Gasteiger partial charge >= 0.3 is 0 Å². The summed E-state index contributed by atoms with van der Waals surface area (Å²) in [5.41, 5.74) is 8.42. The summed E-state index contributed by atoms with van der Waals surface area (Å²) in [6, 6.07) is 22.0. The molecule has 1 aromatic heterocycles. The molecule has 1 aliphatic rings. The Hall–Kier alpha value is -3.49. The van der Waals surface area contributed by atoms with Crippen molar-refractivity contribution in [3.63, 3.8) is 0 Å². The maximum Gasteiger partial charge on any atom is 0.243 e. The van der Waals surface area contributed by atoms with Crippen molar-refractivity contribution >= 4 is 26.8 Å². The van der Waals surface area contributed by atoms with E-state index >= 15 is 0 Å². The van der Waals surface area contributed by atoms with Gasteiger partial charge in [-0.25, -0.2) is 18.9 Å². The van der Waals surface area contributed by atoms with E-state index < -0.39 is 9.84 Å². The predicted octanol–water partition coefficient (Wildman–Crippen LogP) is 5.64. The summed E-state index contributed by atoms with van der Waals surface area (Å²) in [6.45, 7) is 0. The van der Waals surface area contributed by atoms with Crippen molar-refractivity contribution < 1.29 is 18.0 Å². The molecule has 1 aliphatic carbocycles. The highest BCUT2D eigenvalue weighted by molar-refractivity contribution is 7.90. The van der Waals surface area contributed by atoms with E-state index in [0.717, 1.165) is 47.9 Å². The Morgan fingerprint density at radius 2 is 1.57 bits per heavy atom. The minimum absolute atomic E-state index is 0.0391. The minimum atomic E-state index is -3.28. The number of nitrogens with zero attached hydrogens (tertiary/aromatic N) is 1. The van der Waals surface area contributed by atoms with E-state index in [4.69, 9.17) is 4.84 Å². The molecule has 2 N–H and O–H groups in total. The Bertz CT molecular complexity index is 1500. The molecule has 4 aromatic rings. The van der Waals surface area contributed by atoms with E-state index in [-0.39, 0.29) is 10.8 Å². The summed E-state index contributed by atoms with van der Waals surface area (Å²) >= 11 is 0. The van der Waals surface area contributed by atoms with Crippen molar-refractivity contribution in [1.29, 1.82) is 0 Å². The monoisotopic (exact) mass is 517 g/mol. The van der Waals surface area contributed by atoms with Gasteiger partial charge in [0.05, 0.1) is 23.0 Å². The molecule has 3 aromatic carbocycles. The van der Waals surface area contributed by atoms with Crippen LogP contribution < -0.4 is 5.48 Å². The van der Waals surface area contributed by atoms with Crippen LogP contribution in [0.5, 0.6) is 0 Å². The molecule has 1 heterocycles. The highest BCUT2D eigenvalue weighted by Crippen LogP contribution is 2.37. The molecule has 37 heavy (non-hydrogen) atoms. The van der Waals surface area contributed by atoms with Crippen molar-refractivity contribution in [3.8, 4) is 22.5 Å². The van der Waals surface area contributed by atoms with Gasteiger partial charge in [0.25, 0.3) is 0 Å². The number of carbonyl (C=O) groups excluding carboxylic acids is 1. The zero-order chi connectivity index (χ0) is 26.0. The molecular weight excluding hydrogens is 486 g/mol. The summed E-state index contributed by atoms with van der Waals surface area (Å²) in [4.78, 5) is 24.6. The van der Waals surface area contributed by atoms with Gasteiger partial charge in [-0.1, -0.05) is 48.5 Å². The number of benzene rings is 3. The highest BCUT2D eigenvalue weighted by atomic mass is 32.2. The fraction of sp³-hybridized carbons (Fsp3) is 0.310. The average molecular weight is 518 g/mol. The zero-order valence-corrected chi connectivity index (χ0v) is 21.8. The SMILES string of the molecule is CONC(=O)CC1CCC(c2ccc(-c3ccc(-c4nc5cc(S(C)(=O)=O)ccc5[nH]4)cc3)cc2)CC1. The van der Waals surface area contributed by atoms with Gasteiger partial charge in [0.2, 0.25) is 5.91 Å². The van der Waals surface area contributed by atoms with Gasteiger partial charge in [0, 0.05) is 18.2 Å². The van der Waals surface area contributed by atoms with Crippen LogP contribution in [0.3, 0.4) is 0 Å². The van der Waals surface area contributed by atoms with Gasteiger partial charge < -0.3 is 4.98 Å². The molecule has 5 rings (SSSR count). The van der Waals surface area contributed by atoms with Crippen LogP contribution in [0.1, 0.15) is 43.6 Å². The molecule has 0 saturated heterocycles. The summed E-state index contributed by atoms with van der Waals surface area (Å²) in [5.74, 6) is 1.63. The number of amides is 1. The number of hydroxylamine groups is 1. The fourth-order valence-electron chi connectivity index (χ4n) is 5.24. The maximum atomic E-state index is 11.8. The Kier molecular flexibility index (Phi) is 7.13. The first-order chi connectivity index (χ1) is 17.8. The fourth-order valence-corrected chi connectivity index (χ4v) is 5.88. The lowest BCUT2D eigenvalue weighted by Crippen LogP contribution is -2.26. The quantitative estimate of drug-likeness (QED) is 0.309. The first-order valence-electron chi connectivity index (χ1n) is 12.5. The molecule has 0 spiro atoms. The van der Waals surface area contributed by atoms with Gasteiger partial charge in [0.15, 0.2) is 9.84 Å². The lowest BCUT2D eigenvalue weighted by Gasteiger charge is -2.28. The molecule has 0 radical (unpaired) electrons. The Morgan fingerprint density at radius 1 is 0.946 bits per heavy atom. The van der Waals surface area contributed by atoms with Crippen LogP contribution in [0.15, 0.2) is 71.6 Å². The highest BCUT2D eigenvalue weighted by Gasteiger charge is 2.24. The standard InChI is InChI=1S/C29H31N3O4S/c1-36-32-28(33)17-19-3-5-20(6-4-19)21-7-9-22(10-8-21)23-11-13-24(14-12-23)29-30-26-16-15-25(37(2,34)35)18-27(26)31-29/h7-16,18-20H,3-6,17H2,1-2H3,(H,30,31)(H,32,33). The number of aromatic amines is 1. The predicted molar refractivity (Wildman–Crippen MR) is 145 cm³/mol. The number of hydrogen-bond acceptors (Lipinski definition) is 5. The van der Waals surface area contributed by atoms with E-state index in [0.29, 0.717) is 29.6 Å². The van der Waals surface area contributed by atoms with Crippen LogP contribution >= 0.6 is 0 Å². The number of sulfone groups is 1. The van der Waals surface area contributed by atoms with Gasteiger partial charge in [-0.3, -0.25) is 9.63 Å². The van der Waals surface area contributed by atoms with Gasteiger partial charge in [-0.15, -0.1) is 0 Å². The number of imidazole rings is 1. The van der Waals surface area contributed by atoms with Crippen molar-refractivity contribution in [2.24, 2.45) is 5.92 Å². The van der Waals surface area contributed by atoms with E-state index in [1.165, 1.54) is 18.9 Å². The second kappa shape index (κ2) is 10.5. The first kappa shape index (κ1) is 25.2. The zero-order valence-electron chi connectivity index (χ0n) is 21.0. The molecule has 1 saturated carbocycles. The number of H-pyrrole nitrogens is 1. The van der Waals surface area contributed by atoms with Crippen LogP contribution in [0.2, 0.25) is 0 Å². The van der Waals surface area contributed by atoms with Gasteiger partial charge in [0.1, 0.15) is 5.82 Å². The summed E-state index contributed by atoms with van der Waals surface area (Å²) in [7, 11) is -1.81. The molecule has 192 valence electrons. The normalized spacial score (nSPS) is 18.1. The second-order valence-corrected chi connectivity index (χ2v) is 11.9. The van der Waals surface area contributed by atoms with Crippen molar-refractivity contribution in [1.82, 2.24) is 15.4 Å².